The average molecular weight is 343 g/mol. The SMILES string of the molecule is Cc1ccccc1C1CCCN1S(=O)(=O)c1cnc(Cl)s1. The predicted molar refractivity (Wildman–Crippen MR) is 84.2 cm³/mol. The van der Waals surface area contributed by atoms with E-state index in [0.717, 1.165) is 35.3 Å². The van der Waals surface area contributed by atoms with Gasteiger partial charge in [0.2, 0.25) is 0 Å². The quantitative estimate of drug-likeness (QED) is 0.855. The summed E-state index contributed by atoms with van der Waals surface area (Å²) >= 11 is 6.78. The van der Waals surface area contributed by atoms with E-state index in [2.05, 4.69) is 4.98 Å². The average Bonchev–Trinajstić information content (AvgIpc) is 3.08. The maximum Gasteiger partial charge on any atom is 0.254 e. The molecule has 0 saturated carbocycles. The lowest BCUT2D eigenvalue weighted by Crippen LogP contribution is -2.30. The van der Waals surface area contributed by atoms with Crippen LogP contribution in [-0.4, -0.2) is 24.3 Å². The van der Waals surface area contributed by atoms with Crippen LogP contribution in [0.2, 0.25) is 4.47 Å². The molecule has 1 aromatic heterocycles. The highest BCUT2D eigenvalue weighted by Gasteiger charge is 2.37. The van der Waals surface area contributed by atoms with Gasteiger partial charge in [-0.3, -0.25) is 0 Å². The van der Waals surface area contributed by atoms with Gasteiger partial charge in [0.25, 0.3) is 10.0 Å². The van der Waals surface area contributed by atoms with Crippen molar-refractivity contribution in [3.63, 3.8) is 0 Å². The molecule has 0 aliphatic carbocycles. The summed E-state index contributed by atoms with van der Waals surface area (Å²) in [5.41, 5.74) is 2.20. The van der Waals surface area contributed by atoms with Gasteiger partial charge >= 0.3 is 0 Å². The van der Waals surface area contributed by atoms with E-state index >= 15 is 0 Å². The van der Waals surface area contributed by atoms with E-state index in [1.54, 1.807) is 4.31 Å². The standard InChI is InChI=1S/C14H15ClN2O2S2/c1-10-5-2-3-6-11(10)12-7-4-8-17(12)21(18,19)13-9-16-14(15)20-13/h2-3,5-6,9,12H,4,7-8H2,1H3. The van der Waals surface area contributed by atoms with Crippen molar-refractivity contribution in [2.75, 3.05) is 6.54 Å². The van der Waals surface area contributed by atoms with Crippen LogP contribution in [0.15, 0.2) is 34.7 Å². The van der Waals surface area contributed by atoms with E-state index in [4.69, 9.17) is 11.6 Å². The number of rotatable bonds is 3. The van der Waals surface area contributed by atoms with Crippen molar-refractivity contribution < 1.29 is 8.42 Å². The molecule has 1 aliphatic heterocycles. The zero-order valence-electron chi connectivity index (χ0n) is 11.5. The van der Waals surface area contributed by atoms with Crippen LogP contribution < -0.4 is 0 Å². The highest BCUT2D eigenvalue weighted by atomic mass is 35.5. The van der Waals surface area contributed by atoms with Crippen LogP contribution in [0.5, 0.6) is 0 Å². The Morgan fingerprint density at radius 2 is 2.14 bits per heavy atom. The van der Waals surface area contributed by atoms with Gasteiger partial charge in [-0.25, -0.2) is 13.4 Å². The van der Waals surface area contributed by atoms with Crippen molar-refractivity contribution in [1.29, 1.82) is 0 Å². The summed E-state index contributed by atoms with van der Waals surface area (Å²) in [6.45, 7) is 2.55. The third-order valence-corrected chi connectivity index (χ3v) is 7.23. The summed E-state index contributed by atoms with van der Waals surface area (Å²) in [6, 6.07) is 7.84. The number of aryl methyl sites for hydroxylation is 1. The molecule has 1 aliphatic rings. The molecule has 0 radical (unpaired) electrons. The minimum Gasteiger partial charge on any atom is -0.232 e. The number of thiazole rings is 1. The summed E-state index contributed by atoms with van der Waals surface area (Å²) in [6.07, 6.45) is 3.05. The zero-order chi connectivity index (χ0) is 15.0. The first-order valence-electron chi connectivity index (χ1n) is 6.69. The number of sulfonamides is 1. The molecule has 1 atom stereocenters. The molecule has 0 spiro atoms. The van der Waals surface area contributed by atoms with E-state index in [1.165, 1.54) is 6.20 Å². The van der Waals surface area contributed by atoms with E-state index in [9.17, 15) is 8.42 Å². The van der Waals surface area contributed by atoms with E-state index < -0.39 is 10.0 Å². The molecule has 3 rings (SSSR count). The number of halogens is 1. The summed E-state index contributed by atoms with van der Waals surface area (Å²) in [5, 5.41) is 0. The third kappa shape index (κ3) is 2.73. The normalized spacial score (nSPS) is 20.0. The molecule has 112 valence electrons. The lowest BCUT2D eigenvalue weighted by atomic mass is 10.0. The Morgan fingerprint density at radius 3 is 2.81 bits per heavy atom. The van der Waals surface area contributed by atoms with Crippen molar-refractivity contribution in [3.05, 3.63) is 46.1 Å². The highest BCUT2D eigenvalue weighted by Crippen LogP contribution is 2.39. The van der Waals surface area contributed by atoms with Gasteiger partial charge in [-0.05, 0) is 30.9 Å². The van der Waals surface area contributed by atoms with Gasteiger partial charge in [-0.2, -0.15) is 4.31 Å². The minimum absolute atomic E-state index is 0.0999. The van der Waals surface area contributed by atoms with Gasteiger partial charge < -0.3 is 0 Å². The van der Waals surface area contributed by atoms with Gasteiger partial charge in [-0.1, -0.05) is 47.2 Å². The Labute approximate surface area is 133 Å². The Balaban J connectivity index is 2.00. The second-order valence-corrected chi connectivity index (χ2v) is 8.79. The van der Waals surface area contributed by atoms with Crippen LogP contribution in [0.1, 0.15) is 30.0 Å². The Kier molecular flexibility index (Phi) is 4.05. The van der Waals surface area contributed by atoms with Gasteiger partial charge in [0.15, 0.2) is 8.68 Å². The molecule has 1 unspecified atom stereocenters. The molecule has 2 heterocycles. The molecule has 1 fully saturated rings. The predicted octanol–water partition coefficient (Wildman–Crippen LogP) is 3.63. The second kappa shape index (κ2) is 5.68. The third-order valence-electron chi connectivity index (χ3n) is 3.77. The van der Waals surface area contributed by atoms with Gasteiger partial charge in [0.05, 0.1) is 12.2 Å². The lowest BCUT2D eigenvalue weighted by Gasteiger charge is -2.24. The first-order chi connectivity index (χ1) is 10.00. The summed E-state index contributed by atoms with van der Waals surface area (Å²) in [5.74, 6) is 0. The number of aromatic nitrogens is 1. The molecule has 0 bridgehead atoms. The molecule has 4 nitrogen and oxygen atoms in total. The van der Waals surface area contributed by atoms with Crippen molar-refractivity contribution in [2.24, 2.45) is 0 Å². The van der Waals surface area contributed by atoms with Gasteiger partial charge in [0, 0.05) is 6.54 Å². The maximum absolute atomic E-state index is 12.8. The molecule has 1 saturated heterocycles. The Hall–Kier alpha value is -0.950. The summed E-state index contributed by atoms with van der Waals surface area (Å²) in [7, 11) is -3.53. The van der Waals surface area contributed by atoms with Crippen LogP contribution in [0.4, 0.5) is 0 Å². The fraction of sp³-hybridized carbons (Fsp3) is 0.357. The molecule has 21 heavy (non-hydrogen) atoms. The Morgan fingerprint density at radius 1 is 1.38 bits per heavy atom. The van der Waals surface area contributed by atoms with Crippen molar-refractivity contribution in [2.45, 2.75) is 30.0 Å². The minimum atomic E-state index is -3.53. The molecule has 1 aromatic carbocycles. The number of hydrogen-bond donors (Lipinski definition) is 0. The molecule has 2 aromatic rings. The van der Waals surface area contributed by atoms with Crippen LogP contribution in [-0.2, 0) is 10.0 Å². The van der Waals surface area contributed by atoms with Crippen LogP contribution in [0.3, 0.4) is 0 Å². The first kappa shape index (κ1) is 15.0. The molecule has 0 N–H and O–H groups in total. The van der Waals surface area contributed by atoms with Crippen LogP contribution in [0.25, 0.3) is 0 Å². The summed E-state index contributed by atoms with van der Waals surface area (Å²) < 4.78 is 27.6. The van der Waals surface area contributed by atoms with Crippen molar-refractivity contribution in [3.8, 4) is 0 Å². The topological polar surface area (TPSA) is 50.3 Å². The Bertz CT molecular complexity index is 758. The second-order valence-electron chi connectivity index (χ2n) is 5.06. The van der Waals surface area contributed by atoms with Crippen molar-refractivity contribution in [1.82, 2.24) is 9.29 Å². The molecule has 0 amide bonds. The van der Waals surface area contributed by atoms with Gasteiger partial charge in [0.1, 0.15) is 0 Å². The smallest absolute Gasteiger partial charge is 0.232 e. The fourth-order valence-electron chi connectivity index (χ4n) is 2.77. The fourth-order valence-corrected chi connectivity index (χ4v) is 5.87. The molecular formula is C14H15ClN2O2S2. The van der Waals surface area contributed by atoms with Crippen molar-refractivity contribution >= 4 is 33.0 Å². The van der Waals surface area contributed by atoms with Crippen LogP contribution in [0, 0.1) is 6.92 Å². The monoisotopic (exact) mass is 342 g/mol. The maximum atomic E-state index is 12.8. The largest absolute Gasteiger partial charge is 0.254 e. The lowest BCUT2D eigenvalue weighted by molar-refractivity contribution is 0.397. The zero-order valence-corrected chi connectivity index (χ0v) is 13.9. The van der Waals surface area contributed by atoms with E-state index in [0.29, 0.717) is 6.54 Å². The van der Waals surface area contributed by atoms with Gasteiger partial charge in [-0.15, -0.1) is 0 Å². The highest BCUT2D eigenvalue weighted by molar-refractivity contribution is 7.91. The number of benzene rings is 1. The molecule has 7 heteroatoms. The molecular weight excluding hydrogens is 328 g/mol. The van der Waals surface area contributed by atoms with E-state index in [-0.39, 0.29) is 14.7 Å². The summed E-state index contributed by atoms with van der Waals surface area (Å²) in [4.78, 5) is 3.85. The number of hydrogen-bond acceptors (Lipinski definition) is 4. The number of nitrogens with zero attached hydrogens (tertiary/aromatic N) is 2. The van der Waals surface area contributed by atoms with Crippen LogP contribution >= 0.6 is 22.9 Å². The van der Waals surface area contributed by atoms with E-state index in [1.807, 2.05) is 31.2 Å². The first-order valence-corrected chi connectivity index (χ1v) is 9.32.